The van der Waals surface area contributed by atoms with Crippen molar-refractivity contribution >= 4 is 28.6 Å². The summed E-state index contributed by atoms with van der Waals surface area (Å²) in [5.41, 5.74) is 4.74. The van der Waals surface area contributed by atoms with E-state index in [2.05, 4.69) is 4.90 Å². The Kier molecular flexibility index (Phi) is 5.27. The average Bonchev–Trinajstić information content (AvgIpc) is 3.18. The van der Waals surface area contributed by atoms with Crippen molar-refractivity contribution in [3.05, 3.63) is 56.1 Å². The highest BCUT2D eigenvalue weighted by molar-refractivity contribution is 7.99. The molecular formula is C27H26FN3O5S. The van der Waals surface area contributed by atoms with Crippen LogP contribution in [0.2, 0.25) is 0 Å². The number of hydrogen-bond donors (Lipinski definition) is 2. The first-order valence-corrected chi connectivity index (χ1v) is 13.6. The largest absolute Gasteiger partial charge is 0.460 e. The molecular weight excluding hydrogens is 497 g/mol. The monoisotopic (exact) mass is 523 g/mol. The lowest BCUT2D eigenvalue weighted by molar-refractivity contribution is -0.146. The van der Waals surface area contributed by atoms with Gasteiger partial charge in [0.05, 0.1) is 47.6 Å². The maximum Gasteiger partial charge on any atom is 0.309 e. The van der Waals surface area contributed by atoms with Crippen LogP contribution in [0.3, 0.4) is 0 Å². The first-order chi connectivity index (χ1) is 17.8. The molecule has 0 amide bonds. The van der Waals surface area contributed by atoms with E-state index in [1.54, 1.807) is 29.3 Å². The van der Waals surface area contributed by atoms with Crippen molar-refractivity contribution in [2.75, 3.05) is 18.8 Å². The summed E-state index contributed by atoms with van der Waals surface area (Å²) >= 11 is 1.65. The Balaban J connectivity index is 1.47. The molecule has 2 atom stereocenters. The quantitative estimate of drug-likeness (QED) is 0.367. The molecule has 3 aromatic rings. The number of ether oxygens (including phenoxy) is 1. The van der Waals surface area contributed by atoms with Crippen LogP contribution in [0.25, 0.3) is 22.3 Å². The molecule has 0 bridgehead atoms. The summed E-state index contributed by atoms with van der Waals surface area (Å²) in [7, 11) is 0. The van der Waals surface area contributed by atoms with Crippen LogP contribution < -0.4 is 5.56 Å². The van der Waals surface area contributed by atoms with Gasteiger partial charge in [-0.3, -0.25) is 14.5 Å². The van der Waals surface area contributed by atoms with Crippen molar-refractivity contribution in [3.63, 3.8) is 0 Å². The third-order valence-corrected chi connectivity index (χ3v) is 9.59. The minimum absolute atomic E-state index is 0.0449. The number of aliphatic hydroxyl groups excluding tert-OH is 2. The van der Waals surface area contributed by atoms with E-state index in [-0.39, 0.29) is 42.1 Å². The van der Waals surface area contributed by atoms with E-state index in [0.717, 1.165) is 40.3 Å². The van der Waals surface area contributed by atoms with Crippen LogP contribution in [-0.2, 0) is 22.7 Å². The lowest BCUT2D eigenvalue weighted by atomic mass is 9.91. The minimum Gasteiger partial charge on any atom is -0.460 e. The molecule has 1 fully saturated rings. The normalized spacial score (nSPS) is 23.4. The Hall–Kier alpha value is -2.79. The van der Waals surface area contributed by atoms with Gasteiger partial charge in [0.2, 0.25) is 0 Å². The maximum absolute atomic E-state index is 15.0. The van der Waals surface area contributed by atoms with E-state index < -0.39 is 12.1 Å². The number of hydrogen-bond acceptors (Lipinski definition) is 8. The number of pyridine rings is 2. The molecule has 8 nitrogen and oxygen atoms in total. The van der Waals surface area contributed by atoms with E-state index in [0.29, 0.717) is 47.4 Å². The fourth-order valence-electron chi connectivity index (χ4n) is 6.32. The second-order valence-corrected chi connectivity index (χ2v) is 11.4. The number of nitrogens with zero attached hydrogens (tertiary/aromatic N) is 3. The van der Waals surface area contributed by atoms with Crippen LogP contribution in [0, 0.1) is 12.7 Å². The van der Waals surface area contributed by atoms with Crippen LogP contribution in [0.1, 0.15) is 59.2 Å². The molecule has 2 N–H and O–H groups in total. The van der Waals surface area contributed by atoms with Gasteiger partial charge in [0.1, 0.15) is 12.4 Å². The van der Waals surface area contributed by atoms with Gasteiger partial charge in [-0.25, -0.2) is 9.37 Å². The average molecular weight is 524 g/mol. The summed E-state index contributed by atoms with van der Waals surface area (Å²) in [4.78, 5) is 33.7. The third kappa shape index (κ3) is 3.42. The second kappa shape index (κ2) is 8.36. The first kappa shape index (κ1) is 23.3. The lowest BCUT2D eigenvalue weighted by Gasteiger charge is -2.39. The van der Waals surface area contributed by atoms with E-state index in [1.165, 1.54) is 6.07 Å². The Morgan fingerprint density at radius 1 is 1.16 bits per heavy atom. The molecule has 4 aliphatic heterocycles. The van der Waals surface area contributed by atoms with Crippen molar-refractivity contribution in [2.45, 2.75) is 62.5 Å². The van der Waals surface area contributed by atoms with Gasteiger partial charge in [-0.05, 0) is 42.5 Å². The number of cyclic esters (lactones) is 1. The molecule has 0 saturated carbocycles. The molecule has 192 valence electrons. The minimum atomic E-state index is -1.14. The smallest absolute Gasteiger partial charge is 0.309 e. The Bertz CT molecular complexity index is 1560. The summed E-state index contributed by atoms with van der Waals surface area (Å²) < 4.78 is 21.8. The van der Waals surface area contributed by atoms with Gasteiger partial charge in [0.25, 0.3) is 5.56 Å². The van der Waals surface area contributed by atoms with E-state index in [4.69, 9.17) is 9.72 Å². The van der Waals surface area contributed by atoms with Gasteiger partial charge in [0, 0.05) is 46.8 Å². The summed E-state index contributed by atoms with van der Waals surface area (Å²) in [6.07, 6.45) is -0.237. The van der Waals surface area contributed by atoms with Gasteiger partial charge in [-0.2, -0.15) is 0 Å². The molecule has 37 heavy (non-hydrogen) atoms. The number of benzene rings is 1. The molecule has 2 aromatic heterocycles. The summed E-state index contributed by atoms with van der Waals surface area (Å²) in [6, 6.07) is 3.27. The van der Waals surface area contributed by atoms with Crippen molar-refractivity contribution in [1.29, 1.82) is 0 Å². The molecule has 0 spiro atoms. The van der Waals surface area contributed by atoms with Crippen molar-refractivity contribution in [2.24, 2.45) is 0 Å². The zero-order valence-electron chi connectivity index (χ0n) is 20.3. The predicted molar refractivity (Wildman–Crippen MR) is 135 cm³/mol. The molecule has 4 aliphatic rings. The number of piperidine rings is 1. The number of halogens is 1. The highest BCUT2D eigenvalue weighted by atomic mass is 32.2. The number of likely N-dealkylation sites (tertiary alicyclic amines) is 1. The van der Waals surface area contributed by atoms with Crippen LogP contribution in [0.4, 0.5) is 4.39 Å². The number of carbonyl (C=O) groups excluding carboxylic acids is 1. The predicted octanol–water partition coefficient (Wildman–Crippen LogP) is 2.96. The summed E-state index contributed by atoms with van der Waals surface area (Å²) in [5.74, 6) is -0.112. The Labute approximate surface area is 216 Å². The van der Waals surface area contributed by atoms with Crippen LogP contribution in [-0.4, -0.2) is 55.6 Å². The van der Waals surface area contributed by atoms with Crippen LogP contribution >= 0.6 is 11.8 Å². The number of thioether (sulfide) groups is 1. The Morgan fingerprint density at radius 2 is 1.95 bits per heavy atom. The van der Waals surface area contributed by atoms with Gasteiger partial charge >= 0.3 is 5.97 Å². The lowest BCUT2D eigenvalue weighted by Crippen LogP contribution is -2.40. The first-order valence-electron chi connectivity index (χ1n) is 12.6. The van der Waals surface area contributed by atoms with Gasteiger partial charge < -0.3 is 19.5 Å². The van der Waals surface area contributed by atoms with E-state index >= 15 is 0 Å². The summed E-state index contributed by atoms with van der Waals surface area (Å²) in [5, 5.41) is 21.7. The number of carbonyl (C=O) groups is 1. The van der Waals surface area contributed by atoms with Gasteiger partial charge in [-0.15, -0.1) is 11.8 Å². The zero-order valence-corrected chi connectivity index (χ0v) is 21.1. The van der Waals surface area contributed by atoms with Crippen molar-refractivity contribution in [3.8, 4) is 11.4 Å². The van der Waals surface area contributed by atoms with Gasteiger partial charge in [0.15, 0.2) is 0 Å². The molecule has 6 heterocycles. The van der Waals surface area contributed by atoms with Crippen LogP contribution in [0.5, 0.6) is 0 Å². The van der Waals surface area contributed by atoms with Gasteiger partial charge in [-0.1, -0.05) is 0 Å². The molecule has 0 aliphatic carbocycles. The summed E-state index contributed by atoms with van der Waals surface area (Å²) in [6.45, 7) is 3.46. The number of rotatable bonds is 1. The fourth-order valence-corrected chi connectivity index (χ4v) is 7.69. The van der Waals surface area contributed by atoms with E-state index in [1.807, 2.05) is 0 Å². The number of aromatic nitrogens is 2. The zero-order chi connectivity index (χ0) is 25.6. The number of fused-ring (bicyclic) bond motifs is 5. The standard InChI is InChI=1S/C27H26FN3O5S/c1-12-17(28)7-18-24-23(20(11-37-26(12)24)30-4-2-13(32)3-5-30)15-9-31-19(25(15)29-18)6-14-16(27(31)35)10-36-22(34)8-21(14)33/h6-7,13,20-21,32-33H,2-5,8-11H2,1H3. The maximum atomic E-state index is 15.0. The third-order valence-electron chi connectivity index (χ3n) is 8.31. The van der Waals surface area contributed by atoms with Crippen molar-refractivity contribution < 1.29 is 24.1 Å². The molecule has 7 rings (SSSR count). The molecule has 10 heteroatoms. The van der Waals surface area contributed by atoms with Crippen molar-refractivity contribution in [1.82, 2.24) is 14.5 Å². The molecule has 0 radical (unpaired) electrons. The highest BCUT2D eigenvalue weighted by Gasteiger charge is 2.38. The van der Waals surface area contributed by atoms with E-state index in [9.17, 15) is 24.2 Å². The highest BCUT2D eigenvalue weighted by Crippen LogP contribution is 2.49. The second-order valence-electron chi connectivity index (χ2n) is 10.4. The fraction of sp³-hybridized carbons (Fsp3) is 0.444. The molecule has 1 aromatic carbocycles. The topological polar surface area (TPSA) is 105 Å². The molecule has 1 saturated heterocycles. The molecule has 2 unspecified atom stereocenters. The number of esters is 1. The number of aliphatic hydroxyl groups is 2. The SMILES string of the molecule is Cc1c(F)cc2nc3c(c4c2c1SCC4N1CCC(O)CC1)Cn1c-3cc2c(c1=O)COC(=O)CC2O. The Morgan fingerprint density at radius 3 is 2.73 bits per heavy atom. The van der Waals surface area contributed by atoms with Crippen LogP contribution in [0.15, 0.2) is 21.8 Å².